The van der Waals surface area contributed by atoms with E-state index in [9.17, 15) is 4.79 Å². The van der Waals surface area contributed by atoms with E-state index in [2.05, 4.69) is 76.3 Å². The van der Waals surface area contributed by atoms with Crippen molar-refractivity contribution in [1.82, 2.24) is 5.32 Å². The monoisotopic (exact) mass is 309 g/mol. The van der Waals surface area contributed by atoms with Crippen LogP contribution in [0, 0.1) is 27.7 Å². The molecule has 0 aliphatic carbocycles. The van der Waals surface area contributed by atoms with E-state index in [1.165, 1.54) is 33.4 Å². The SMILES string of the molecule is Cc1ccc(C)c([C@@H](C)NC(=O)CCc2ccc(C)c(C)c2)c1. The normalized spacial score (nSPS) is 12.0. The Morgan fingerprint density at radius 3 is 2.35 bits per heavy atom. The third kappa shape index (κ3) is 4.69. The van der Waals surface area contributed by atoms with Crippen molar-refractivity contribution in [2.75, 3.05) is 0 Å². The lowest BCUT2D eigenvalue weighted by Gasteiger charge is -2.17. The zero-order valence-corrected chi connectivity index (χ0v) is 14.9. The molecule has 0 fully saturated rings. The summed E-state index contributed by atoms with van der Waals surface area (Å²) in [5.41, 5.74) is 7.44. The van der Waals surface area contributed by atoms with Crippen molar-refractivity contribution in [1.29, 1.82) is 0 Å². The molecule has 0 saturated carbocycles. The number of nitrogens with one attached hydrogen (secondary N) is 1. The fourth-order valence-electron chi connectivity index (χ4n) is 2.83. The number of hydrogen-bond acceptors (Lipinski definition) is 1. The average Bonchev–Trinajstić information content (AvgIpc) is 2.50. The number of benzene rings is 2. The molecule has 2 aromatic carbocycles. The highest BCUT2D eigenvalue weighted by Crippen LogP contribution is 2.19. The summed E-state index contributed by atoms with van der Waals surface area (Å²) in [5.74, 6) is 0.108. The summed E-state index contributed by atoms with van der Waals surface area (Å²) >= 11 is 0. The molecule has 2 heteroatoms. The van der Waals surface area contributed by atoms with Crippen LogP contribution in [0.5, 0.6) is 0 Å². The van der Waals surface area contributed by atoms with Crippen molar-refractivity contribution in [3.63, 3.8) is 0 Å². The van der Waals surface area contributed by atoms with E-state index in [1.807, 2.05) is 0 Å². The van der Waals surface area contributed by atoms with Crippen molar-refractivity contribution >= 4 is 5.91 Å². The first kappa shape index (κ1) is 17.3. The minimum Gasteiger partial charge on any atom is -0.350 e. The Morgan fingerprint density at radius 1 is 0.957 bits per heavy atom. The molecular weight excluding hydrogens is 282 g/mol. The van der Waals surface area contributed by atoms with Crippen LogP contribution >= 0.6 is 0 Å². The second-order valence-electron chi connectivity index (χ2n) is 6.57. The van der Waals surface area contributed by atoms with Gasteiger partial charge in [0, 0.05) is 6.42 Å². The van der Waals surface area contributed by atoms with Crippen LogP contribution in [0.4, 0.5) is 0 Å². The van der Waals surface area contributed by atoms with Crippen LogP contribution in [0.15, 0.2) is 36.4 Å². The van der Waals surface area contributed by atoms with Gasteiger partial charge in [-0.1, -0.05) is 42.0 Å². The standard InChI is InChI=1S/C21H27NO/c1-14-6-7-16(3)20(12-14)18(5)22-21(23)11-10-19-9-8-15(2)17(4)13-19/h6-9,12-13,18H,10-11H2,1-5H3,(H,22,23)/t18-/m1/s1. The molecule has 1 atom stereocenters. The molecule has 0 radical (unpaired) electrons. The quantitative estimate of drug-likeness (QED) is 0.850. The third-order valence-corrected chi connectivity index (χ3v) is 4.49. The van der Waals surface area contributed by atoms with Crippen molar-refractivity contribution in [3.8, 4) is 0 Å². The van der Waals surface area contributed by atoms with Crippen molar-refractivity contribution in [2.24, 2.45) is 0 Å². The molecule has 0 aliphatic heterocycles. The molecule has 2 rings (SSSR count). The van der Waals surface area contributed by atoms with Gasteiger partial charge in [0.25, 0.3) is 0 Å². The molecule has 0 spiro atoms. The molecule has 0 aliphatic rings. The van der Waals surface area contributed by atoms with Crippen LogP contribution in [0.3, 0.4) is 0 Å². The first-order chi connectivity index (χ1) is 10.9. The summed E-state index contributed by atoms with van der Waals surface area (Å²) in [6, 6.07) is 12.8. The summed E-state index contributed by atoms with van der Waals surface area (Å²) in [4.78, 5) is 12.2. The zero-order valence-electron chi connectivity index (χ0n) is 14.9. The molecule has 0 aromatic heterocycles. The van der Waals surface area contributed by atoms with Gasteiger partial charge in [0.1, 0.15) is 0 Å². The van der Waals surface area contributed by atoms with E-state index in [0.717, 1.165) is 6.42 Å². The topological polar surface area (TPSA) is 29.1 Å². The van der Waals surface area contributed by atoms with Crippen molar-refractivity contribution in [3.05, 3.63) is 69.8 Å². The molecule has 2 nitrogen and oxygen atoms in total. The molecule has 0 unspecified atom stereocenters. The summed E-state index contributed by atoms with van der Waals surface area (Å²) in [5, 5.41) is 3.12. The molecular formula is C21H27NO. The smallest absolute Gasteiger partial charge is 0.220 e. The van der Waals surface area contributed by atoms with E-state index in [1.54, 1.807) is 0 Å². The number of rotatable bonds is 5. The number of carbonyl (C=O) groups excluding carboxylic acids is 1. The lowest BCUT2D eigenvalue weighted by molar-refractivity contribution is -0.121. The van der Waals surface area contributed by atoms with Gasteiger partial charge in [-0.3, -0.25) is 4.79 Å². The number of amides is 1. The number of hydrogen-bond donors (Lipinski definition) is 1. The van der Waals surface area contributed by atoms with E-state index in [4.69, 9.17) is 0 Å². The first-order valence-corrected chi connectivity index (χ1v) is 8.29. The van der Waals surface area contributed by atoms with Crippen LogP contribution in [0.25, 0.3) is 0 Å². The third-order valence-electron chi connectivity index (χ3n) is 4.49. The molecule has 122 valence electrons. The highest BCUT2D eigenvalue weighted by atomic mass is 16.1. The highest BCUT2D eigenvalue weighted by Gasteiger charge is 2.12. The fraction of sp³-hybridized carbons (Fsp3) is 0.381. The van der Waals surface area contributed by atoms with E-state index in [0.29, 0.717) is 6.42 Å². The van der Waals surface area contributed by atoms with Gasteiger partial charge >= 0.3 is 0 Å². The Balaban J connectivity index is 1.93. The van der Waals surface area contributed by atoms with Crippen molar-refractivity contribution in [2.45, 2.75) is 53.5 Å². The Kier molecular flexibility index (Phi) is 5.59. The minimum atomic E-state index is 0.0437. The van der Waals surface area contributed by atoms with Gasteiger partial charge < -0.3 is 5.32 Å². The predicted molar refractivity (Wildman–Crippen MR) is 96.7 cm³/mol. The van der Waals surface area contributed by atoms with Gasteiger partial charge in [-0.15, -0.1) is 0 Å². The summed E-state index contributed by atoms with van der Waals surface area (Å²) < 4.78 is 0. The predicted octanol–water partition coefficient (Wildman–Crippen LogP) is 4.73. The lowest BCUT2D eigenvalue weighted by Crippen LogP contribution is -2.27. The van der Waals surface area contributed by atoms with Crippen LogP contribution in [-0.4, -0.2) is 5.91 Å². The fourth-order valence-corrected chi connectivity index (χ4v) is 2.83. The molecule has 1 amide bonds. The maximum atomic E-state index is 12.2. The molecule has 2 aromatic rings. The maximum Gasteiger partial charge on any atom is 0.220 e. The van der Waals surface area contributed by atoms with E-state index in [-0.39, 0.29) is 11.9 Å². The van der Waals surface area contributed by atoms with Crippen LogP contribution < -0.4 is 5.32 Å². The van der Waals surface area contributed by atoms with Gasteiger partial charge in [-0.05, 0) is 68.9 Å². The number of aryl methyl sites for hydroxylation is 5. The molecule has 0 saturated heterocycles. The maximum absolute atomic E-state index is 12.2. The van der Waals surface area contributed by atoms with Crippen LogP contribution in [0.1, 0.15) is 52.8 Å². The summed E-state index contributed by atoms with van der Waals surface area (Å²) in [6.07, 6.45) is 1.31. The van der Waals surface area contributed by atoms with E-state index < -0.39 is 0 Å². The molecule has 23 heavy (non-hydrogen) atoms. The molecule has 0 heterocycles. The van der Waals surface area contributed by atoms with Gasteiger partial charge in [0.15, 0.2) is 0 Å². The second kappa shape index (κ2) is 7.45. The Bertz CT molecular complexity index is 703. The highest BCUT2D eigenvalue weighted by molar-refractivity contribution is 5.76. The number of carbonyl (C=O) groups is 1. The Hall–Kier alpha value is -2.09. The Labute approximate surface area is 139 Å². The van der Waals surface area contributed by atoms with Gasteiger partial charge in [-0.25, -0.2) is 0 Å². The Morgan fingerprint density at radius 2 is 1.65 bits per heavy atom. The largest absolute Gasteiger partial charge is 0.350 e. The second-order valence-corrected chi connectivity index (χ2v) is 6.57. The molecule has 0 bridgehead atoms. The lowest BCUT2D eigenvalue weighted by atomic mass is 9.99. The van der Waals surface area contributed by atoms with Crippen molar-refractivity contribution < 1.29 is 4.79 Å². The minimum absolute atomic E-state index is 0.0437. The average molecular weight is 309 g/mol. The summed E-state index contributed by atoms with van der Waals surface area (Å²) in [7, 11) is 0. The van der Waals surface area contributed by atoms with Gasteiger partial charge in [-0.2, -0.15) is 0 Å². The van der Waals surface area contributed by atoms with Gasteiger partial charge in [0.05, 0.1) is 6.04 Å². The first-order valence-electron chi connectivity index (χ1n) is 8.29. The zero-order chi connectivity index (χ0) is 17.0. The van der Waals surface area contributed by atoms with Gasteiger partial charge in [0.2, 0.25) is 5.91 Å². The van der Waals surface area contributed by atoms with E-state index >= 15 is 0 Å². The van der Waals surface area contributed by atoms with Crippen LogP contribution in [-0.2, 0) is 11.2 Å². The summed E-state index contributed by atoms with van der Waals surface area (Å²) in [6.45, 7) is 10.4. The molecule has 1 N–H and O–H groups in total. The van der Waals surface area contributed by atoms with Crippen LogP contribution in [0.2, 0.25) is 0 Å².